The third-order valence-corrected chi connectivity index (χ3v) is 5.12. The van der Waals surface area contributed by atoms with Crippen molar-refractivity contribution in [2.45, 2.75) is 0 Å². The molecule has 1 saturated heterocycles. The first-order valence-corrected chi connectivity index (χ1v) is 9.78. The van der Waals surface area contributed by atoms with E-state index in [2.05, 4.69) is 24.3 Å². The monoisotopic (exact) mass is 405 g/mol. The molecule has 3 rings (SSSR count). The Labute approximate surface area is 169 Å². The number of quaternary nitrogens is 1. The molecule has 1 aliphatic rings. The number of benzene rings is 2. The minimum absolute atomic E-state index is 0.00933. The molecular formula is C21H23Cl2N2O2+. The van der Waals surface area contributed by atoms with Gasteiger partial charge in [0.25, 0.3) is 5.91 Å². The highest BCUT2D eigenvalue weighted by Gasteiger charge is 2.23. The lowest BCUT2D eigenvalue weighted by Gasteiger charge is -2.31. The molecule has 0 aliphatic carbocycles. The highest BCUT2D eigenvalue weighted by molar-refractivity contribution is 6.35. The summed E-state index contributed by atoms with van der Waals surface area (Å²) in [7, 11) is 0. The fraction of sp³-hybridized carbons (Fsp3) is 0.286. The third kappa shape index (κ3) is 5.99. The van der Waals surface area contributed by atoms with Crippen molar-refractivity contribution in [2.24, 2.45) is 0 Å². The van der Waals surface area contributed by atoms with Crippen molar-refractivity contribution >= 4 is 35.2 Å². The Morgan fingerprint density at radius 2 is 1.85 bits per heavy atom. The van der Waals surface area contributed by atoms with Gasteiger partial charge in [-0.2, -0.15) is 0 Å². The Morgan fingerprint density at radius 1 is 1.11 bits per heavy atom. The molecule has 0 aromatic heterocycles. The fourth-order valence-corrected chi connectivity index (χ4v) is 3.49. The van der Waals surface area contributed by atoms with Crippen LogP contribution in [0.3, 0.4) is 0 Å². The maximum atomic E-state index is 12.4. The van der Waals surface area contributed by atoms with Crippen LogP contribution in [0.25, 0.3) is 6.08 Å². The van der Waals surface area contributed by atoms with Crippen LogP contribution in [0.5, 0.6) is 5.75 Å². The number of hydrogen-bond acceptors (Lipinski definition) is 2. The zero-order chi connectivity index (χ0) is 19.1. The molecule has 6 heteroatoms. The maximum Gasteiger partial charge on any atom is 0.260 e. The summed E-state index contributed by atoms with van der Waals surface area (Å²) in [5.41, 5.74) is 1.21. The first-order chi connectivity index (χ1) is 13.1. The molecule has 27 heavy (non-hydrogen) atoms. The van der Waals surface area contributed by atoms with Gasteiger partial charge < -0.3 is 14.5 Å². The number of ether oxygens (including phenoxy) is 1. The van der Waals surface area contributed by atoms with Crippen LogP contribution < -0.4 is 9.64 Å². The zero-order valence-corrected chi connectivity index (χ0v) is 16.5. The largest absolute Gasteiger partial charge is 0.482 e. The number of nitrogens with one attached hydrogen (secondary N) is 1. The fourth-order valence-electron chi connectivity index (χ4n) is 3.03. The average molecular weight is 406 g/mol. The third-order valence-electron chi connectivity index (χ3n) is 4.58. The zero-order valence-electron chi connectivity index (χ0n) is 15.0. The molecule has 0 unspecified atom stereocenters. The van der Waals surface area contributed by atoms with Gasteiger partial charge in [0.2, 0.25) is 0 Å². The van der Waals surface area contributed by atoms with Gasteiger partial charge in [-0.25, -0.2) is 0 Å². The van der Waals surface area contributed by atoms with Crippen molar-refractivity contribution < 1.29 is 14.4 Å². The quantitative estimate of drug-likeness (QED) is 0.801. The minimum Gasteiger partial charge on any atom is -0.482 e. The molecule has 1 N–H and O–H groups in total. The molecule has 1 fully saturated rings. The number of amides is 1. The Balaban J connectivity index is 1.40. The van der Waals surface area contributed by atoms with E-state index in [0.29, 0.717) is 15.8 Å². The predicted octanol–water partition coefficient (Wildman–Crippen LogP) is 2.81. The minimum atomic E-state index is -0.0140. The molecule has 2 aromatic rings. The summed E-state index contributed by atoms with van der Waals surface area (Å²) in [4.78, 5) is 15.7. The summed E-state index contributed by atoms with van der Waals surface area (Å²) in [6, 6.07) is 15.3. The van der Waals surface area contributed by atoms with Gasteiger partial charge in [0.1, 0.15) is 5.75 Å². The van der Waals surface area contributed by atoms with Gasteiger partial charge in [-0.05, 0) is 29.8 Å². The second-order valence-corrected chi connectivity index (χ2v) is 7.36. The molecule has 0 bridgehead atoms. The van der Waals surface area contributed by atoms with Crippen molar-refractivity contribution in [1.29, 1.82) is 0 Å². The van der Waals surface area contributed by atoms with Crippen LogP contribution in [0, 0.1) is 0 Å². The standard InChI is InChI=1S/C21H22Cl2N2O2/c22-18-8-9-20(19(23)15-18)27-16-21(26)25-13-11-24(12-14-25)10-4-7-17-5-2-1-3-6-17/h1-9,15H,10-14,16H2/p+1. The van der Waals surface area contributed by atoms with Gasteiger partial charge in [0.15, 0.2) is 6.61 Å². The van der Waals surface area contributed by atoms with Gasteiger partial charge >= 0.3 is 0 Å². The molecule has 1 heterocycles. The highest BCUT2D eigenvalue weighted by atomic mass is 35.5. The Kier molecular flexibility index (Phi) is 7.16. The number of halogens is 2. The summed E-state index contributed by atoms with van der Waals surface area (Å²) in [5.74, 6) is 0.463. The Morgan fingerprint density at radius 3 is 2.56 bits per heavy atom. The van der Waals surface area contributed by atoms with E-state index in [1.54, 1.807) is 18.2 Å². The molecule has 0 radical (unpaired) electrons. The van der Waals surface area contributed by atoms with Gasteiger partial charge in [-0.15, -0.1) is 0 Å². The summed E-state index contributed by atoms with van der Waals surface area (Å²) < 4.78 is 5.55. The van der Waals surface area contributed by atoms with E-state index >= 15 is 0 Å². The number of nitrogens with zero attached hydrogens (tertiary/aromatic N) is 1. The summed E-state index contributed by atoms with van der Waals surface area (Å²) in [6.45, 7) is 4.31. The molecule has 4 nitrogen and oxygen atoms in total. The molecule has 0 atom stereocenters. The second kappa shape index (κ2) is 9.79. The summed E-state index contributed by atoms with van der Waals surface area (Å²) >= 11 is 11.9. The molecule has 142 valence electrons. The molecule has 0 spiro atoms. The Hall–Kier alpha value is -2.01. The van der Waals surface area contributed by atoms with Crippen molar-refractivity contribution in [3.05, 3.63) is 70.2 Å². The normalized spacial score (nSPS) is 15.3. The van der Waals surface area contributed by atoms with E-state index in [9.17, 15) is 4.79 Å². The van der Waals surface area contributed by atoms with Crippen LogP contribution in [-0.4, -0.2) is 50.1 Å². The lowest BCUT2D eigenvalue weighted by molar-refractivity contribution is -0.898. The van der Waals surface area contributed by atoms with Crippen molar-refractivity contribution in [2.75, 3.05) is 39.3 Å². The number of carbonyl (C=O) groups is 1. The van der Waals surface area contributed by atoms with Crippen LogP contribution in [-0.2, 0) is 4.79 Å². The smallest absolute Gasteiger partial charge is 0.260 e. The lowest BCUT2D eigenvalue weighted by atomic mass is 10.2. The number of piperazine rings is 1. The molecule has 1 amide bonds. The van der Waals surface area contributed by atoms with Gasteiger partial charge in [0.05, 0.1) is 37.7 Å². The Bertz CT molecular complexity index is 788. The number of hydrogen-bond donors (Lipinski definition) is 1. The van der Waals surface area contributed by atoms with Crippen LogP contribution in [0.15, 0.2) is 54.6 Å². The van der Waals surface area contributed by atoms with Crippen molar-refractivity contribution in [1.82, 2.24) is 4.90 Å². The molecular weight excluding hydrogens is 383 g/mol. The van der Waals surface area contributed by atoms with E-state index in [1.165, 1.54) is 10.5 Å². The first kappa shape index (κ1) is 19.7. The van der Waals surface area contributed by atoms with Gasteiger partial charge in [-0.3, -0.25) is 4.79 Å². The van der Waals surface area contributed by atoms with Crippen LogP contribution >= 0.6 is 23.2 Å². The van der Waals surface area contributed by atoms with E-state index in [-0.39, 0.29) is 12.5 Å². The highest BCUT2D eigenvalue weighted by Crippen LogP contribution is 2.27. The van der Waals surface area contributed by atoms with Crippen LogP contribution in [0.2, 0.25) is 10.0 Å². The average Bonchev–Trinajstić information content (AvgIpc) is 2.68. The van der Waals surface area contributed by atoms with Gasteiger partial charge in [0, 0.05) is 5.02 Å². The topological polar surface area (TPSA) is 34.0 Å². The van der Waals surface area contributed by atoms with Crippen LogP contribution in [0.4, 0.5) is 0 Å². The number of rotatable bonds is 6. The predicted molar refractivity (Wildman–Crippen MR) is 110 cm³/mol. The van der Waals surface area contributed by atoms with E-state index in [4.69, 9.17) is 27.9 Å². The van der Waals surface area contributed by atoms with E-state index in [0.717, 1.165) is 32.7 Å². The number of carbonyl (C=O) groups excluding carboxylic acids is 1. The van der Waals surface area contributed by atoms with E-state index in [1.807, 2.05) is 23.1 Å². The summed E-state index contributed by atoms with van der Waals surface area (Å²) in [6.07, 6.45) is 4.35. The maximum absolute atomic E-state index is 12.4. The van der Waals surface area contributed by atoms with Crippen molar-refractivity contribution in [3.8, 4) is 5.75 Å². The lowest BCUT2D eigenvalue weighted by Crippen LogP contribution is -3.14. The molecule has 1 aliphatic heterocycles. The first-order valence-electron chi connectivity index (χ1n) is 9.02. The van der Waals surface area contributed by atoms with Gasteiger partial charge in [-0.1, -0.05) is 59.6 Å². The summed E-state index contributed by atoms with van der Waals surface area (Å²) in [5, 5.41) is 0.953. The second-order valence-electron chi connectivity index (χ2n) is 6.51. The van der Waals surface area contributed by atoms with E-state index < -0.39 is 0 Å². The van der Waals surface area contributed by atoms with Crippen molar-refractivity contribution in [3.63, 3.8) is 0 Å². The molecule has 0 saturated carbocycles. The van der Waals surface area contributed by atoms with Crippen LogP contribution in [0.1, 0.15) is 5.56 Å². The SMILES string of the molecule is O=C(COc1ccc(Cl)cc1Cl)N1CC[NH+](CC=Cc2ccccc2)CC1. The molecule has 2 aromatic carbocycles.